The summed E-state index contributed by atoms with van der Waals surface area (Å²) < 4.78 is 31.8. The summed E-state index contributed by atoms with van der Waals surface area (Å²) in [6, 6.07) is 5.92. The fourth-order valence-corrected chi connectivity index (χ4v) is 1.75. The van der Waals surface area contributed by atoms with Crippen molar-refractivity contribution in [2.75, 3.05) is 0 Å². The van der Waals surface area contributed by atoms with E-state index in [1.165, 1.54) is 22.9 Å². The molecule has 0 saturated carbocycles. The Hall–Kier alpha value is -1.91. The Kier molecular flexibility index (Phi) is 3.30. The number of halogens is 2. The number of rotatable bonds is 1. The third-order valence-electron chi connectivity index (χ3n) is 2.56. The molecule has 0 unspecified atom stereocenters. The maximum atomic E-state index is 12.7. The monoisotopic (exact) mass is 267 g/mol. The summed E-state index contributed by atoms with van der Waals surface area (Å²) in [4.78, 5) is 12.0. The van der Waals surface area contributed by atoms with Gasteiger partial charge in [0, 0.05) is 17.1 Å². The van der Waals surface area contributed by atoms with Crippen LogP contribution in [0.4, 0.5) is 13.6 Å². The molecule has 1 heterocycles. The zero-order valence-electron chi connectivity index (χ0n) is 11.0. The van der Waals surface area contributed by atoms with E-state index in [9.17, 15) is 13.6 Å². The van der Waals surface area contributed by atoms with E-state index in [0.29, 0.717) is 5.52 Å². The Morgan fingerprint density at radius 3 is 2.53 bits per heavy atom. The topological polar surface area (TPSA) is 31.2 Å². The average Bonchev–Trinajstić information content (AvgIpc) is 2.68. The lowest BCUT2D eigenvalue weighted by Crippen LogP contribution is -2.26. The first kappa shape index (κ1) is 13.5. The molecule has 1 aromatic carbocycles. The third kappa shape index (κ3) is 2.92. The predicted molar refractivity (Wildman–Crippen MR) is 68.5 cm³/mol. The number of carbonyl (C=O) groups excluding carboxylic acids is 1. The Labute approximate surface area is 109 Å². The molecule has 5 heteroatoms. The number of benzene rings is 1. The molecule has 0 fully saturated rings. The van der Waals surface area contributed by atoms with Gasteiger partial charge in [-0.15, -0.1) is 0 Å². The highest BCUT2D eigenvalue weighted by Crippen LogP contribution is 2.25. The smallest absolute Gasteiger partial charge is 0.418 e. The van der Waals surface area contributed by atoms with Crippen molar-refractivity contribution in [2.24, 2.45) is 0 Å². The van der Waals surface area contributed by atoms with Gasteiger partial charge in [0.15, 0.2) is 0 Å². The van der Waals surface area contributed by atoms with Crippen LogP contribution in [-0.2, 0) is 4.74 Å². The van der Waals surface area contributed by atoms with E-state index in [0.717, 1.165) is 5.39 Å². The summed E-state index contributed by atoms with van der Waals surface area (Å²) in [6.07, 6.45) is -1.62. The average molecular weight is 267 g/mol. The van der Waals surface area contributed by atoms with Crippen LogP contribution in [0.2, 0.25) is 0 Å². The number of carbonyl (C=O) groups is 1. The van der Waals surface area contributed by atoms with E-state index >= 15 is 0 Å². The Morgan fingerprint density at radius 1 is 1.26 bits per heavy atom. The summed E-state index contributed by atoms with van der Waals surface area (Å²) in [6.45, 7) is 5.25. The van der Waals surface area contributed by atoms with Gasteiger partial charge >= 0.3 is 6.09 Å². The number of nitrogens with zero attached hydrogens (tertiary/aromatic N) is 1. The van der Waals surface area contributed by atoms with Crippen LogP contribution < -0.4 is 0 Å². The van der Waals surface area contributed by atoms with E-state index in [1.54, 1.807) is 32.9 Å². The van der Waals surface area contributed by atoms with Crippen LogP contribution in [0.15, 0.2) is 30.5 Å². The van der Waals surface area contributed by atoms with Crippen LogP contribution in [-0.4, -0.2) is 16.3 Å². The number of ether oxygens (including phenoxy) is 1. The molecule has 0 spiro atoms. The first-order chi connectivity index (χ1) is 8.78. The fraction of sp³-hybridized carbons (Fsp3) is 0.357. The van der Waals surface area contributed by atoms with Gasteiger partial charge in [0.25, 0.3) is 6.43 Å². The molecule has 0 saturated heterocycles. The Bertz CT molecular complexity index is 611. The summed E-state index contributed by atoms with van der Waals surface area (Å²) in [7, 11) is 0. The number of aromatic nitrogens is 1. The van der Waals surface area contributed by atoms with Gasteiger partial charge in [0.2, 0.25) is 0 Å². The maximum absolute atomic E-state index is 12.7. The zero-order chi connectivity index (χ0) is 14.2. The first-order valence-electron chi connectivity index (χ1n) is 5.90. The van der Waals surface area contributed by atoms with Crippen molar-refractivity contribution in [3.8, 4) is 0 Å². The van der Waals surface area contributed by atoms with Gasteiger partial charge in [0.1, 0.15) is 5.60 Å². The molecule has 0 aliphatic rings. The number of hydrogen-bond acceptors (Lipinski definition) is 2. The van der Waals surface area contributed by atoms with E-state index in [2.05, 4.69) is 0 Å². The number of alkyl halides is 2. The lowest BCUT2D eigenvalue weighted by molar-refractivity contribution is 0.0544. The molecule has 0 aliphatic carbocycles. The van der Waals surface area contributed by atoms with E-state index in [1.807, 2.05) is 0 Å². The van der Waals surface area contributed by atoms with Gasteiger partial charge in [0.05, 0.1) is 5.52 Å². The molecule has 19 heavy (non-hydrogen) atoms. The lowest BCUT2D eigenvalue weighted by atomic mass is 10.2. The second-order valence-corrected chi connectivity index (χ2v) is 5.29. The highest BCUT2D eigenvalue weighted by molar-refractivity contribution is 5.90. The van der Waals surface area contributed by atoms with Crippen molar-refractivity contribution in [1.82, 2.24) is 4.57 Å². The van der Waals surface area contributed by atoms with E-state index in [-0.39, 0.29) is 5.56 Å². The quantitative estimate of drug-likeness (QED) is 0.768. The Morgan fingerprint density at radius 2 is 1.95 bits per heavy atom. The standard InChI is InChI=1S/C14H15F2NO2/c1-14(2,3)19-13(18)17-7-6-9-4-5-10(12(15)16)8-11(9)17/h4-8,12H,1-3H3. The number of hydrogen-bond donors (Lipinski definition) is 0. The summed E-state index contributed by atoms with van der Waals surface area (Å²) in [5.41, 5.74) is -0.323. The van der Waals surface area contributed by atoms with E-state index < -0.39 is 18.1 Å². The van der Waals surface area contributed by atoms with Crippen LogP contribution >= 0.6 is 0 Å². The molecule has 0 aliphatic heterocycles. The van der Waals surface area contributed by atoms with Gasteiger partial charge < -0.3 is 4.74 Å². The van der Waals surface area contributed by atoms with Gasteiger partial charge in [-0.1, -0.05) is 12.1 Å². The van der Waals surface area contributed by atoms with Crippen LogP contribution in [0.5, 0.6) is 0 Å². The minimum atomic E-state index is -2.56. The second-order valence-electron chi connectivity index (χ2n) is 5.29. The molecule has 2 aromatic rings. The van der Waals surface area contributed by atoms with Crippen LogP contribution in [0.1, 0.15) is 32.8 Å². The predicted octanol–water partition coefficient (Wildman–Crippen LogP) is 4.36. The summed E-state index contributed by atoms with van der Waals surface area (Å²) >= 11 is 0. The van der Waals surface area contributed by atoms with Gasteiger partial charge in [-0.05, 0) is 32.9 Å². The van der Waals surface area contributed by atoms with Crippen LogP contribution in [0.3, 0.4) is 0 Å². The van der Waals surface area contributed by atoms with Crippen LogP contribution in [0.25, 0.3) is 10.9 Å². The third-order valence-corrected chi connectivity index (χ3v) is 2.56. The molecule has 0 radical (unpaired) electrons. The van der Waals surface area contributed by atoms with Crippen molar-refractivity contribution in [2.45, 2.75) is 32.8 Å². The molecule has 0 atom stereocenters. The minimum absolute atomic E-state index is 0.115. The normalized spacial score (nSPS) is 12.1. The van der Waals surface area contributed by atoms with Crippen molar-refractivity contribution in [3.63, 3.8) is 0 Å². The molecular formula is C14H15F2NO2. The highest BCUT2D eigenvalue weighted by atomic mass is 19.3. The van der Waals surface area contributed by atoms with Crippen molar-refractivity contribution < 1.29 is 18.3 Å². The SMILES string of the molecule is CC(C)(C)OC(=O)n1ccc2ccc(C(F)F)cc21. The molecule has 1 aromatic heterocycles. The maximum Gasteiger partial charge on any atom is 0.418 e. The van der Waals surface area contributed by atoms with Crippen molar-refractivity contribution >= 4 is 17.0 Å². The molecule has 102 valence electrons. The van der Waals surface area contributed by atoms with Crippen molar-refractivity contribution in [3.05, 3.63) is 36.0 Å². The summed E-state index contributed by atoms with van der Waals surface area (Å²) in [5.74, 6) is 0. The molecule has 0 N–H and O–H groups in total. The minimum Gasteiger partial charge on any atom is -0.443 e. The lowest BCUT2D eigenvalue weighted by Gasteiger charge is -2.19. The fourth-order valence-electron chi connectivity index (χ4n) is 1.75. The molecule has 0 amide bonds. The molecule has 2 rings (SSSR count). The molecular weight excluding hydrogens is 252 g/mol. The highest BCUT2D eigenvalue weighted by Gasteiger charge is 2.19. The second kappa shape index (κ2) is 4.64. The molecule has 3 nitrogen and oxygen atoms in total. The first-order valence-corrected chi connectivity index (χ1v) is 5.90. The van der Waals surface area contributed by atoms with Crippen LogP contribution in [0, 0.1) is 0 Å². The van der Waals surface area contributed by atoms with Gasteiger partial charge in [-0.25, -0.2) is 13.6 Å². The Balaban J connectivity index is 2.43. The van der Waals surface area contributed by atoms with Gasteiger partial charge in [-0.2, -0.15) is 0 Å². The zero-order valence-corrected chi connectivity index (χ0v) is 11.0. The van der Waals surface area contributed by atoms with Crippen molar-refractivity contribution in [1.29, 1.82) is 0 Å². The van der Waals surface area contributed by atoms with E-state index in [4.69, 9.17) is 4.74 Å². The number of fused-ring (bicyclic) bond motifs is 1. The van der Waals surface area contributed by atoms with Gasteiger partial charge in [-0.3, -0.25) is 4.57 Å². The largest absolute Gasteiger partial charge is 0.443 e. The summed E-state index contributed by atoms with van der Waals surface area (Å²) in [5, 5.41) is 0.718. The molecule has 0 bridgehead atoms.